The number of rotatable bonds is 6. The van der Waals surface area contributed by atoms with Gasteiger partial charge in [-0.3, -0.25) is 19.3 Å². The normalized spacial score (nSPS) is 17.4. The molecule has 0 aliphatic carbocycles. The van der Waals surface area contributed by atoms with Gasteiger partial charge in [0.2, 0.25) is 5.91 Å². The number of carbonyl (C=O) groups is 3. The van der Waals surface area contributed by atoms with E-state index >= 15 is 0 Å². The molecule has 9 heteroatoms. The Labute approximate surface area is 253 Å². The fraction of sp³-hybridized carbons (Fsp3) is 0.276. The fourth-order valence-electron chi connectivity index (χ4n) is 4.71. The molecule has 2 fully saturated rings. The highest BCUT2D eigenvalue weighted by Gasteiger charge is 2.37. The highest BCUT2D eigenvalue weighted by Crippen LogP contribution is 2.35. The lowest BCUT2D eigenvalue weighted by molar-refractivity contribution is -0.135. The number of likely N-dealkylation sites (tertiary alicyclic amines) is 1. The molecule has 0 bridgehead atoms. The smallest absolute Gasteiger partial charge is 0.294 e. The Kier molecular flexibility index (Phi) is 8.94. The Balaban J connectivity index is 1.28. The predicted molar refractivity (Wildman–Crippen MR) is 168 cm³/mol. The summed E-state index contributed by atoms with van der Waals surface area (Å²) < 4.78 is 8.07. The molecule has 38 heavy (non-hydrogen) atoms. The van der Waals surface area contributed by atoms with E-state index in [2.05, 4.69) is 69.4 Å². The van der Waals surface area contributed by atoms with E-state index in [1.54, 1.807) is 11.0 Å². The molecule has 196 valence electrons. The molecule has 2 aliphatic rings. The third-order valence-corrected chi connectivity index (χ3v) is 9.21. The van der Waals surface area contributed by atoms with Gasteiger partial charge in [-0.15, -0.1) is 0 Å². The number of benzene rings is 3. The topological polar surface area (TPSA) is 66.9 Å². The summed E-state index contributed by atoms with van der Waals surface area (Å²) in [6.07, 6.45) is 5.87. The number of fused-ring (bicyclic) bond motifs is 1. The van der Waals surface area contributed by atoms with Gasteiger partial charge in [0.1, 0.15) is 18.9 Å². The second-order valence-corrected chi connectivity index (χ2v) is 12.6. The van der Waals surface area contributed by atoms with Crippen LogP contribution in [0.3, 0.4) is 0 Å². The molecule has 0 unspecified atom stereocenters. The number of hydrogen-bond acceptors (Lipinski definition) is 5. The van der Waals surface area contributed by atoms with Gasteiger partial charge >= 0.3 is 0 Å². The molecule has 2 aliphatic heterocycles. The van der Waals surface area contributed by atoms with E-state index in [-0.39, 0.29) is 12.5 Å². The molecule has 2 heterocycles. The van der Waals surface area contributed by atoms with Crippen molar-refractivity contribution in [2.24, 2.45) is 0 Å². The highest BCUT2D eigenvalue weighted by atomic mass is 127. The number of halogens is 2. The Bertz CT molecular complexity index is 1400. The number of imide groups is 1. The molecule has 3 aromatic carbocycles. The third kappa shape index (κ3) is 6.20. The van der Waals surface area contributed by atoms with E-state index in [1.165, 1.54) is 10.8 Å². The second kappa shape index (κ2) is 12.4. The molecule has 3 amide bonds. The van der Waals surface area contributed by atoms with Gasteiger partial charge in [-0.2, -0.15) is 0 Å². The number of nitrogens with zero attached hydrogens (tertiary/aromatic N) is 2. The number of hydrogen-bond donors (Lipinski definition) is 0. The van der Waals surface area contributed by atoms with Gasteiger partial charge < -0.3 is 9.64 Å². The van der Waals surface area contributed by atoms with Gasteiger partial charge in [0.05, 0.1) is 12.0 Å². The highest BCUT2D eigenvalue weighted by molar-refractivity contribution is 14.1. The third-order valence-electron chi connectivity index (χ3n) is 6.70. The predicted octanol–water partition coefficient (Wildman–Crippen LogP) is 7.07. The molecule has 0 aromatic heterocycles. The molecule has 5 rings (SSSR count). The number of ether oxygens (including phenoxy) is 1. The van der Waals surface area contributed by atoms with E-state index in [4.69, 9.17) is 4.74 Å². The lowest BCUT2D eigenvalue weighted by atomic mass is 10.1. The molecule has 6 nitrogen and oxygen atoms in total. The van der Waals surface area contributed by atoms with Crippen molar-refractivity contribution in [1.29, 1.82) is 0 Å². The number of carbonyl (C=O) groups excluding carboxylic acids is 3. The van der Waals surface area contributed by atoms with E-state index in [9.17, 15) is 14.4 Å². The van der Waals surface area contributed by atoms with Crippen molar-refractivity contribution < 1.29 is 19.1 Å². The molecule has 0 spiro atoms. The molecule has 3 aromatic rings. The zero-order valence-corrected chi connectivity index (χ0v) is 25.8. The van der Waals surface area contributed by atoms with Crippen LogP contribution in [-0.2, 0) is 16.2 Å². The number of amides is 3. The minimum Gasteiger partial charge on any atom is -0.487 e. The monoisotopic (exact) mass is 752 g/mol. The van der Waals surface area contributed by atoms with Gasteiger partial charge in [0.25, 0.3) is 11.1 Å². The summed E-state index contributed by atoms with van der Waals surface area (Å²) in [5.74, 6) is 0.212. The maximum atomic E-state index is 13.0. The average Bonchev–Trinajstić information content (AvgIpc) is 3.09. The van der Waals surface area contributed by atoms with Gasteiger partial charge in [-0.1, -0.05) is 55.3 Å². The summed E-state index contributed by atoms with van der Waals surface area (Å²) >= 11 is 5.36. The van der Waals surface area contributed by atoms with Crippen molar-refractivity contribution in [1.82, 2.24) is 9.80 Å². The summed E-state index contributed by atoms with van der Waals surface area (Å²) in [5.41, 5.74) is 1.92. The van der Waals surface area contributed by atoms with Crippen LogP contribution in [0.25, 0.3) is 16.8 Å². The van der Waals surface area contributed by atoms with Crippen molar-refractivity contribution in [2.75, 3.05) is 19.6 Å². The van der Waals surface area contributed by atoms with Crippen LogP contribution in [0.1, 0.15) is 36.8 Å². The Morgan fingerprint density at radius 2 is 1.63 bits per heavy atom. The quantitative estimate of drug-likeness (QED) is 0.199. The largest absolute Gasteiger partial charge is 0.487 e. The van der Waals surface area contributed by atoms with Crippen LogP contribution in [-0.4, -0.2) is 46.5 Å². The zero-order chi connectivity index (χ0) is 26.6. The molecular weight excluding hydrogens is 726 g/mol. The molecule has 0 N–H and O–H groups in total. The van der Waals surface area contributed by atoms with Gasteiger partial charge in [0, 0.05) is 13.1 Å². The minimum absolute atomic E-state index is 0.160. The van der Waals surface area contributed by atoms with Gasteiger partial charge in [0.15, 0.2) is 0 Å². The first kappa shape index (κ1) is 27.4. The second-order valence-electron chi connectivity index (χ2n) is 9.30. The molecule has 2 saturated heterocycles. The van der Waals surface area contributed by atoms with Crippen molar-refractivity contribution in [3.63, 3.8) is 0 Å². The van der Waals surface area contributed by atoms with E-state index in [1.807, 2.05) is 30.3 Å². The summed E-state index contributed by atoms with van der Waals surface area (Å²) in [4.78, 5) is 41.6. The first-order valence-electron chi connectivity index (χ1n) is 12.5. The zero-order valence-electron chi connectivity index (χ0n) is 20.6. The Morgan fingerprint density at radius 1 is 0.947 bits per heavy atom. The van der Waals surface area contributed by atoms with Crippen molar-refractivity contribution in [3.05, 3.63) is 77.8 Å². The van der Waals surface area contributed by atoms with Gasteiger partial charge in [-0.05, 0) is 110 Å². The van der Waals surface area contributed by atoms with E-state index < -0.39 is 11.1 Å². The van der Waals surface area contributed by atoms with E-state index in [0.717, 1.165) is 66.4 Å². The summed E-state index contributed by atoms with van der Waals surface area (Å²) in [5, 5.41) is 1.95. The maximum absolute atomic E-state index is 13.0. The first-order chi connectivity index (χ1) is 18.4. The summed E-state index contributed by atoms with van der Waals surface area (Å²) in [6.45, 7) is 1.63. The molecule has 0 saturated carbocycles. The Morgan fingerprint density at radius 3 is 2.37 bits per heavy atom. The van der Waals surface area contributed by atoms with Crippen LogP contribution in [0.2, 0.25) is 0 Å². The lowest BCUT2D eigenvalue weighted by Gasteiger charge is -2.22. The number of thioether (sulfide) groups is 1. The maximum Gasteiger partial charge on any atom is 0.294 e. The molecular formula is C29H26I2N2O4S. The Hall–Kier alpha value is -2.12. The van der Waals surface area contributed by atoms with Crippen LogP contribution in [0.4, 0.5) is 4.79 Å². The summed E-state index contributed by atoms with van der Waals surface area (Å²) in [6, 6.07) is 18.3. The summed E-state index contributed by atoms with van der Waals surface area (Å²) in [7, 11) is 0. The molecule has 0 radical (unpaired) electrons. The first-order valence-corrected chi connectivity index (χ1v) is 15.5. The van der Waals surface area contributed by atoms with Crippen LogP contribution in [0, 0.1) is 7.14 Å². The molecule has 0 atom stereocenters. The van der Waals surface area contributed by atoms with Crippen molar-refractivity contribution in [2.45, 2.75) is 32.3 Å². The average molecular weight is 752 g/mol. The van der Waals surface area contributed by atoms with E-state index in [0.29, 0.717) is 24.6 Å². The minimum atomic E-state index is -0.413. The SMILES string of the molecule is O=C(CN1C(=O)SC(=Cc2cc(I)c(OCc3cccc4ccccc34)c(I)c2)C1=O)N1CCCCCC1. The van der Waals surface area contributed by atoms with Crippen LogP contribution in [0.5, 0.6) is 5.75 Å². The fourth-order valence-corrected chi connectivity index (χ4v) is 7.68. The van der Waals surface area contributed by atoms with Crippen LogP contribution < -0.4 is 4.74 Å². The van der Waals surface area contributed by atoms with Crippen molar-refractivity contribution in [3.8, 4) is 5.75 Å². The van der Waals surface area contributed by atoms with Crippen LogP contribution in [0.15, 0.2) is 59.5 Å². The van der Waals surface area contributed by atoms with Crippen molar-refractivity contribution >= 4 is 90.8 Å². The lowest BCUT2D eigenvalue weighted by Crippen LogP contribution is -2.42. The van der Waals surface area contributed by atoms with Crippen LogP contribution >= 0.6 is 56.9 Å². The standard InChI is InChI=1S/C29H26I2N2O4S/c30-23-14-19(15-24(31)27(23)37-18-21-10-7-9-20-8-3-4-11-22(20)21)16-25-28(35)33(29(36)38-25)17-26(34)32-12-5-1-2-6-13-32/h3-4,7-11,14-16H,1-2,5-6,12-13,17-18H2. The van der Waals surface area contributed by atoms with Gasteiger partial charge in [-0.25, -0.2) is 0 Å².